The highest BCUT2D eigenvalue weighted by Crippen LogP contribution is 2.42. The molecule has 7 rings (SSSR count). The minimum Gasteiger partial charge on any atom is -0.477 e. The van der Waals surface area contributed by atoms with Crippen LogP contribution >= 0.6 is 0 Å². The minimum absolute atomic E-state index is 0.153. The highest BCUT2D eigenvalue weighted by molar-refractivity contribution is 5.77. The van der Waals surface area contributed by atoms with Crippen molar-refractivity contribution >= 4 is 29.6 Å². The summed E-state index contributed by atoms with van der Waals surface area (Å²) in [7, 11) is 0. The van der Waals surface area contributed by atoms with E-state index >= 15 is 0 Å². The van der Waals surface area contributed by atoms with E-state index < -0.39 is 315 Å². The molecular weight excluding hydrogens is 1760 g/mol. The second-order valence-corrected chi connectivity index (χ2v) is 35.6. The number of amides is 4. The molecule has 0 aromatic heterocycles. The van der Waals surface area contributed by atoms with Crippen LogP contribution in [-0.4, -0.2) is 427 Å². The number of carboxylic acid groups (broad SMARTS) is 1. The van der Waals surface area contributed by atoms with E-state index in [9.17, 15) is 136 Å². The molecule has 7 fully saturated rings. The van der Waals surface area contributed by atoms with Gasteiger partial charge in [0.1, 0.15) is 165 Å². The smallest absolute Gasteiger partial charge is 0.364 e. The third-order valence-electron chi connectivity index (χ3n) is 25.2. The van der Waals surface area contributed by atoms with Crippen LogP contribution in [0.25, 0.3) is 0 Å². The molecule has 0 aromatic rings. The number of carbonyl (C=O) groups is 5. The summed E-state index contributed by atoms with van der Waals surface area (Å²) in [5, 5.41) is 258. The van der Waals surface area contributed by atoms with E-state index in [2.05, 4.69) is 35.1 Å². The molecule has 0 saturated carbocycles. The van der Waals surface area contributed by atoms with E-state index in [-0.39, 0.29) is 12.3 Å². The van der Waals surface area contributed by atoms with Crippen LogP contribution in [0.3, 0.4) is 0 Å². The van der Waals surface area contributed by atoms with Gasteiger partial charge in [0.05, 0.1) is 77.1 Å². The molecule has 45 nitrogen and oxygen atoms in total. The standard InChI is InChI=1S/C87H154N4O41/c1-6-8-10-12-14-16-18-20-21-23-25-27-29-31-33-35-58(105)91-48(49(102)34-32-30-28-26-24-22-19-17-15-13-11-9-7-2)44-119-82-69(113)68(112)75(57(43-98)125-82)128-84-71(115)78(64(108)53(39-94)121-84)130-80-60(89-46(4)100)66(110)73(55(41-96)123-80)126-83-70(114)77(63(107)52(38-93)120-83)129-81-61(90-47(5)101)67(111)74(56(42-97)124-81)127-85-72(116)79(65(109)54(40-95)122-85)132-87(86(117)118)36-50(103)59(88-45(3)99)76(131-87)62(106)51(104)37-92/h32,34,48-57,59-85,92-98,102-104,106-116H,6-31,33,35-44H2,1-5H3,(H,88,99)(H,89,100)(H,90,101)(H,91,105)(H,117,118)/b34-32+/t48-,49+,50?,51+,52?,53?,54?,55?,56?,57?,59+,60?,61?,62+,63-,64-,65-,66+,67+,68+,69?,70?,71?,72?,73+,74+,75+,76?,77-,78-,79-,80-,81-,82+,83-,84-,85-,87-/m0/s1. The van der Waals surface area contributed by atoms with Gasteiger partial charge >= 0.3 is 5.97 Å². The van der Waals surface area contributed by atoms with Crippen molar-refractivity contribution in [2.75, 3.05) is 52.9 Å². The van der Waals surface area contributed by atoms with Crippen LogP contribution < -0.4 is 21.3 Å². The van der Waals surface area contributed by atoms with Gasteiger partial charge in [-0.05, 0) is 19.3 Å². The number of carboxylic acids is 1. The van der Waals surface area contributed by atoms with Crippen molar-refractivity contribution in [2.24, 2.45) is 0 Å². The summed E-state index contributed by atoms with van der Waals surface area (Å²) in [4.78, 5) is 65.1. The van der Waals surface area contributed by atoms with Crippen molar-refractivity contribution in [1.29, 1.82) is 0 Å². The van der Waals surface area contributed by atoms with Crippen molar-refractivity contribution in [3.8, 4) is 0 Å². The Hall–Kier alpha value is -4.31. The molecule has 0 bridgehead atoms. The van der Waals surface area contributed by atoms with E-state index in [4.69, 9.17) is 66.3 Å². The number of hydrogen-bond acceptors (Lipinski definition) is 40. The van der Waals surface area contributed by atoms with Crippen molar-refractivity contribution in [2.45, 2.75) is 453 Å². The van der Waals surface area contributed by atoms with Crippen molar-refractivity contribution in [3.05, 3.63) is 12.2 Å². The minimum atomic E-state index is -3.25. The molecule has 132 heavy (non-hydrogen) atoms. The Kier molecular flexibility index (Phi) is 51.0. The SMILES string of the molecule is CCCCCCCCCCCCC/C=C/[C@@H](O)[C@H](CO[C@@H]1OC(CO)[C@@H](O[C@@H]2OC(CO)[C@H](O)[C@H](O[C@@H]3OC(CO)[C@@H](O[C@@H]4OC(CO)[C@H](O)[C@H](O[C@@H]5OC(CO)[C@@H](O[C@@H]6OC(CO)[C@H](O)[C@H](O[C@]7(C(=O)O)CC(O)[C@@H](NC(C)=O)C([C@H](O)[C@H](O)CO)O7)C6O)[C@H](O)C5NC(C)=O)C4O)[C@H](O)C3NC(C)=O)C2O)[C@H](O)C1O)NC(=O)CCCCCCCCCCCCCCCCC. The Labute approximate surface area is 768 Å². The van der Waals surface area contributed by atoms with Gasteiger partial charge in [-0.15, -0.1) is 0 Å². The zero-order valence-electron chi connectivity index (χ0n) is 76.3. The third-order valence-corrected chi connectivity index (χ3v) is 25.2. The number of nitrogens with one attached hydrogen (secondary N) is 4. The Morgan fingerprint density at radius 2 is 0.735 bits per heavy atom. The van der Waals surface area contributed by atoms with Crippen molar-refractivity contribution in [3.63, 3.8) is 0 Å². The highest BCUT2D eigenvalue weighted by Gasteiger charge is 2.63. The molecule has 7 aliphatic rings. The van der Waals surface area contributed by atoms with Crippen LogP contribution in [0.5, 0.6) is 0 Å². The molecule has 45 heteroatoms. The number of allylic oxidation sites excluding steroid dienone is 1. The summed E-state index contributed by atoms with van der Waals surface area (Å²) in [6, 6.07) is -6.68. The maximum atomic E-state index is 13.6. The van der Waals surface area contributed by atoms with Gasteiger partial charge in [0, 0.05) is 33.6 Å². The lowest BCUT2D eigenvalue weighted by atomic mass is 9.88. The lowest BCUT2D eigenvalue weighted by molar-refractivity contribution is -0.391. The summed E-state index contributed by atoms with van der Waals surface area (Å²) >= 11 is 0. The Morgan fingerprint density at radius 3 is 1.11 bits per heavy atom. The second kappa shape index (κ2) is 58.7. The molecule has 38 atom stereocenters. The van der Waals surface area contributed by atoms with Crippen LogP contribution in [-0.2, 0) is 90.3 Å². The number of aliphatic carboxylic acids is 1. The first-order valence-corrected chi connectivity index (χ1v) is 47.1. The number of carbonyl (C=O) groups excluding carboxylic acids is 4. The lowest BCUT2D eigenvalue weighted by Gasteiger charge is -2.51. The van der Waals surface area contributed by atoms with Crippen LogP contribution in [0.2, 0.25) is 0 Å². The average molecular weight is 1910 g/mol. The maximum Gasteiger partial charge on any atom is 0.364 e. The van der Waals surface area contributed by atoms with Gasteiger partial charge in [-0.25, -0.2) is 4.79 Å². The Balaban J connectivity index is 1.01. The highest BCUT2D eigenvalue weighted by atomic mass is 16.8. The number of aliphatic hydroxyl groups is 21. The Bertz CT molecular complexity index is 3300. The fourth-order valence-corrected chi connectivity index (χ4v) is 17.7. The molecule has 768 valence electrons. The first-order valence-electron chi connectivity index (χ1n) is 47.1. The van der Waals surface area contributed by atoms with Gasteiger partial charge in [-0.1, -0.05) is 180 Å². The summed E-state index contributed by atoms with van der Waals surface area (Å²) in [5.74, 6) is -8.44. The number of aliphatic hydroxyl groups excluding tert-OH is 21. The summed E-state index contributed by atoms with van der Waals surface area (Å²) < 4.78 is 83.0. The fourth-order valence-electron chi connectivity index (χ4n) is 17.7. The molecule has 0 radical (unpaired) electrons. The zero-order chi connectivity index (χ0) is 97.1. The second-order valence-electron chi connectivity index (χ2n) is 35.6. The van der Waals surface area contributed by atoms with Crippen LogP contribution in [0.4, 0.5) is 0 Å². The maximum absolute atomic E-state index is 13.6. The molecular formula is C87H154N4O41. The molecule has 0 spiro atoms. The predicted octanol–water partition coefficient (Wildman–Crippen LogP) is -5.25. The monoisotopic (exact) mass is 1910 g/mol. The van der Waals surface area contributed by atoms with Gasteiger partial charge in [-0.3, -0.25) is 19.2 Å². The topological polar surface area (TPSA) is 708 Å². The zero-order valence-corrected chi connectivity index (χ0v) is 76.3. The Morgan fingerprint density at radius 1 is 0.394 bits per heavy atom. The predicted molar refractivity (Wildman–Crippen MR) is 455 cm³/mol. The summed E-state index contributed by atoms with van der Waals surface area (Å²) in [6.45, 7) is -0.996. The van der Waals surface area contributed by atoms with Gasteiger partial charge in [-0.2, -0.15) is 0 Å². The molecule has 0 aromatic carbocycles. The number of hydrogen-bond donors (Lipinski definition) is 26. The third kappa shape index (κ3) is 32.9. The average Bonchev–Trinajstić information content (AvgIpc) is 0.755. The number of ether oxygens (including phenoxy) is 14. The molecule has 4 amide bonds. The van der Waals surface area contributed by atoms with Crippen LogP contribution in [0.1, 0.15) is 221 Å². The van der Waals surface area contributed by atoms with E-state index in [1.54, 1.807) is 6.08 Å². The van der Waals surface area contributed by atoms with E-state index in [0.717, 1.165) is 72.1 Å². The van der Waals surface area contributed by atoms with Crippen molar-refractivity contribution < 1.29 is 203 Å². The van der Waals surface area contributed by atoms with Gasteiger partial charge in [0.2, 0.25) is 23.6 Å². The van der Waals surface area contributed by atoms with Gasteiger partial charge < -0.3 is 200 Å². The van der Waals surface area contributed by atoms with Crippen LogP contribution in [0.15, 0.2) is 12.2 Å². The van der Waals surface area contributed by atoms with E-state index in [0.29, 0.717) is 12.8 Å². The van der Waals surface area contributed by atoms with Gasteiger partial charge in [0.15, 0.2) is 37.7 Å². The fraction of sp³-hybridized carbons (Fsp3) is 0.920. The molecule has 14 unspecified atom stereocenters. The normalized spacial score (nSPS) is 37.3. The van der Waals surface area contributed by atoms with E-state index in [1.165, 1.54) is 109 Å². The first-order chi connectivity index (χ1) is 63.1. The molecule has 7 aliphatic heterocycles. The largest absolute Gasteiger partial charge is 0.477 e. The molecule has 7 saturated heterocycles. The van der Waals surface area contributed by atoms with Gasteiger partial charge in [0.25, 0.3) is 5.79 Å². The summed E-state index contributed by atoms with van der Waals surface area (Å²) in [6.07, 6.45) is -35.2. The van der Waals surface area contributed by atoms with Crippen LogP contribution in [0, 0.1) is 0 Å². The molecule has 0 aliphatic carbocycles. The molecule has 26 N–H and O–H groups in total. The quantitative estimate of drug-likeness (QED) is 0.0200. The van der Waals surface area contributed by atoms with Crippen molar-refractivity contribution in [1.82, 2.24) is 21.3 Å². The van der Waals surface area contributed by atoms with E-state index in [1.807, 2.05) is 6.08 Å². The number of rotatable bonds is 59. The lowest BCUT2D eigenvalue weighted by Crippen LogP contribution is -2.71. The number of unbranched alkanes of at least 4 members (excludes halogenated alkanes) is 25. The molecule has 7 heterocycles. The summed E-state index contributed by atoms with van der Waals surface area (Å²) in [5.41, 5.74) is 0. The first kappa shape index (κ1) is 115.